The molecule has 0 aliphatic heterocycles. The van der Waals surface area contributed by atoms with Crippen molar-refractivity contribution in [2.45, 2.75) is 24.0 Å². The van der Waals surface area contributed by atoms with Crippen molar-refractivity contribution < 1.29 is 8.42 Å². The van der Waals surface area contributed by atoms with Crippen LogP contribution in [0.3, 0.4) is 0 Å². The zero-order valence-electron chi connectivity index (χ0n) is 10.8. The van der Waals surface area contributed by atoms with Gasteiger partial charge in [-0.05, 0) is 28.5 Å². The summed E-state index contributed by atoms with van der Waals surface area (Å²) in [6.07, 6.45) is 1.39. The molecule has 2 aromatic rings. The number of hydrogen-bond acceptors (Lipinski definition) is 3. The van der Waals surface area contributed by atoms with E-state index in [1.54, 1.807) is 17.5 Å². The van der Waals surface area contributed by atoms with E-state index in [9.17, 15) is 8.42 Å². The van der Waals surface area contributed by atoms with E-state index in [-0.39, 0.29) is 4.21 Å². The molecule has 100 valence electrons. The van der Waals surface area contributed by atoms with Crippen LogP contribution in [-0.4, -0.2) is 14.6 Å². The van der Waals surface area contributed by atoms with E-state index in [2.05, 4.69) is 18.2 Å². The van der Waals surface area contributed by atoms with Gasteiger partial charge in [0, 0.05) is 6.21 Å². The predicted octanol–water partition coefficient (Wildman–Crippen LogP) is 3.68. The van der Waals surface area contributed by atoms with Crippen LogP contribution in [0.1, 0.15) is 30.9 Å². The van der Waals surface area contributed by atoms with Crippen LogP contribution in [0.15, 0.2) is 50.4 Å². The fourth-order valence-electron chi connectivity index (χ4n) is 1.56. The van der Waals surface area contributed by atoms with Gasteiger partial charge in [-0.3, -0.25) is 0 Å². The average Bonchev–Trinajstić information content (AvgIpc) is 2.91. The Morgan fingerprint density at radius 3 is 2.37 bits per heavy atom. The standard InChI is InChI=1S/C14H15NO2S2/c1-11(2)13-7-5-12(6-8-13)10-15-19(16,17)14-4-3-9-18-14/h3-11H,1-2H3/b15-10-. The summed E-state index contributed by atoms with van der Waals surface area (Å²) in [5, 5.41) is 1.72. The van der Waals surface area contributed by atoms with Crippen LogP contribution < -0.4 is 0 Å². The molecular weight excluding hydrogens is 278 g/mol. The van der Waals surface area contributed by atoms with E-state index < -0.39 is 10.0 Å². The zero-order chi connectivity index (χ0) is 13.9. The minimum atomic E-state index is -3.55. The summed E-state index contributed by atoms with van der Waals surface area (Å²) < 4.78 is 27.7. The van der Waals surface area contributed by atoms with E-state index in [1.807, 2.05) is 24.3 Å². The first-order valence-corrected chi connectivity index (χ1v) is 8.25. The van der Waals surface area contributed by atoms with Gasteiger partial charge in [-0.25, -0.2) is 0 Å². The summed E-state index contributed by atoms with van der Waals surface area (Å²) in [6.45, 7) is 4.23. The second kappa shape index (κ2) is 5.67. The highest BCUT2D eigenvalue weighted by Gasteiger charge is 2.12. The molecule has 0 unspecified atom stereocenters. The van der Waals surface area contributed by atoms with Crippen LogP contribution in [0.4, 0.5) is 0 Å². The highest BCUT2D eigenvalue weighted by Crippen LogP contribution is 2.18. The Labute approximate surface area is 117 Å². The monoisotopic (exact) mass is 293 g/mol. The van der Waals surface area contributed by atoms with Crippen LogP contribution in [-0.2, 0) is 10.0 Å². The lowest BCUT2D eigenvalue weighted by Gasteiger charge is -2.04. The van der Waals surface area contributed by atoms with Gasteiger partial charge in [0.15, 0.2) is 0 Å². The van der Waals surface area contributed by atoms with Gasteiger partial charge in [0.25, 0.3) is 10.0 Å². The minimum Gasteiger partial charge on any atom is -0.198 e. The molecule has 0 aliphatic carbocycles. The van der Waals surface area contributed by atoms with Crippen molar-refractivity contribution in [1.29, 1.82) is 0 Å². The molecule has 0 aliphatic rings. The van der Waals surface area contributed by atoms with Gasteiger partial charge in [0.1, 0.15) is 4.21 Å². The molecule has 0 atom stereocenters. The Bertz CT molecular complexity index is 654. The fourth-order valence-corrected chi connectivity index (χ4v) is 3.40. The van der Waals surface area contributed by atoms with Crippen LogP contribution >= 0.6 is 11.3 Å². The second-order valence-electron chi connectivity index (χ2n) is 4.46. The third-order valence-electron chi connectivity index (χ3n) is 2.69. The summed E-state index contributed by atoms with van der Waals surface area (Å²) in [5.74, 6) is 0.459. The third-order valence-corrected chi connectivity index (χ3v) is 5.30. The average molecular weight is 293 g/mol. The number of hydrogen-bond donors (Lipinski definition) is 0. The summed E-state index contributed by atoms with van der Waals surface area (Å²) in [5.41, 5.74) is 2.00. The van der Waals surface area contributed by atoms with Crippen molar-refractivity contribution in [1.82, 2.24) is 0 Å². The first-order chi connectivity index (χ1) is 8.99. The first-order valence-electron chi connectivity index (χ1n) is 5.93. The van der Waals surface area contributed by atoms with Crippen molar-refractivity contribution in [2.24, 2.45) is 4.40 Å². The Hall–Kier alpha value is -1.46. The van der Waals surface area contributed by atoms with Crippen LogP contribution in [0.25, 0.3) is 0 Å². The van der Waals surface area contributed by atoms with Gasteiger partial charge in [0.05, 0.1) is 0 Å². The highest BCUT2D eigenvalue weighted by atomic mass is 32.2. The normalized spacial score (nSPS) is 12.4. The van der Waals surface area contributed by atoms with E-state index in [4.69, 9.17) is 0 Å². The lowest BCUT2D eigenvalue weighted by atomic mass is 10.0. The molecule has 2 rings (SSSR count). The molecule has 19 heavy (non-hydrogen) atoms. The van der Waals surface area contributed by atoms with Crippen LogP contribution in [0.2, 0.25) is 0 Å². The Balaban J connectivity index is 2.19. The molecule has 0 bridgehead atoms. The zero-order valence-corrected chi connectivity index (χ0v) is 12.4. The number of thiophene rings is 1. The van der Waals surface area contributed by atoms with Gasteiger partial charge in [-0.15, -0.1) is 11.3 Å². The molecule has 1 aromatic carbocycles. The van der Waals surface area contributed by atoms with Gasteiger partial charge >= 0.3 is 0 Å². The summed E-state index contributed by atoms with van der Waals surface area (Å²) in [6, 6.07) is 11.0. The van der Waals surface area contributed by atoms with Crippen LogP contribution in [0.5, 0.6) is 0 Å². The minimum absolute atomic E-state index is 0.266. The lowest BCUT2D eigenvalue weighted by Crippen LogP contribution is -1.95. The van der Waals surface area contributed by atoms with Crippen molar-refractivity contribution in [3.8, 4) is 0 Å². The van der Waals surface area contributed by atoms with Gasteiger partial charge in [0.2, 0.25) is 0 Å². The van der Waals surface area contributed by atoms with Crippen molar-refractivity contribution in [3.63, 3.8) is 0 Å². The fraction of sp³-hybridized carbons (Fsp3) is 0.214. The number of rotatable bonds is 4. The molecule has 0 radical (unpaired) electrons. The largest absolute Gasteiger partial charge is 0.291 e. The number of sulfonamides is 1. The molecule has 0 fully saturated rings. The Morgan fingerprint density at radius 2 is 1.84 bits per heavy atom. The van der Waals surface area contributed by atoms with Gasteiger partial charge < -0.3 is 0 Å². The molecule has 0 spiro atoms. The molecule has 0 saturated heterocycles. The SMILES string of the molecule is CC(C)c1ccc(/C=N\S(=O)(=O)c2cccs2)cc1. The summed E-state index contributed by atoms with van der Waals surface area (Å²) in [4.78, 5) is 0. The maximum Gasteiger partial charge on any atom is 0.291 e. The maximum absolute atomic E-state index is 11.9. The molecule has 1 heterocycles. The van der Waals surface area contributed by atoms with Crippen molar-refractivity contribution in [2.75, 3.05) is 0 Å². The smallest absolute Gasteiger partial charge is 0.198 e. The molecule has 5 heteroatoms. The quantitative estimate of drug-likeness (QED) is 0.807. The van der Waals surface area contributed by atoms with E-state index in [0.717, 1.165) is 5.56 Å². The molecule has 3 nitrogen and oxygen atoms in total. The summed E-state index contributed by atoms with van der Waals surface area (Å²) in [7, 11) is -3.55. The molecule has 0 N–H and O–H groups in total. The lowest BCUT2D eigenvalue weighted by molar-refractivity contribution is 0.600. The highest BCUT2D eigenvalue weighted by molar-refractivity contribution is 7.92. The van der Waals surface area contributed by atoms with Gasteiger partial charge in [-0.1, -0.05) is 44.2 Å². The topological polar surface area (TPSA) is 46.5 Å². The number of benzene rings is 1. The van der Waals surface area contributed by atoms with E-state index in [1.165, 1.54) is 23.1 Å². The molecule has 0 amide bonds. The van der Waals surface area contributed by atoms with E-state index in [0.29, 0.717) is 5.92 Å². The predicted molar refractivity (Wildman–Crippen MR) is 79.6 cm³/mol. The molecule has 0 saturated carbocycles. The van der Waals surface area contributed by atoms with Crippen LogP contribution in [0, 0.1) is 0 Å². The maximum atomic E-state index is 11.9. The van der Waals surface area contributed by atoms with E-state index >= 15 is 0 Å². The first kappa shape index (κ1) is 14.0. The summed E-state index contributed by atoms with van der Waals surface area (Å²) >= 11 is 1.17. The second-order valence-corrected chi connectivity index (χ2v) is 7.27. The number of nitrogens with zero attached hydrogens (tertiary/aromatic N) is 1. The van der Waals surface area contributed by atoms with Crippen molar-refractivity contribution >= 4 is 27.6 Å². The van der Waals surface area contributed by atoms with Gasteiger partial charge in [-0.2, -0.15) is 12.8 Å². The van der Waals surface area contributed by atoms with Crippen molar-refractivity contribution in [3.05, 3.63) is 52.9 Å². The Kier molecular flexibility index (Phi) is 4.17. The molecule has 1 aromatic heterocycles. The molecular formula is C14H15NO2S2. The third kappa shape index (κ3) is 3.52. The Morgan fingerprint density at radius 1 is 1.16 bits per heavy atom.